The Morgan fingerprint density at radius 3 is 2.06 bits per heavy atom. The summed E-state index contributed by atoms with van der Waals surface area (Å²) in [5.41, 5.74) is 3.80. The van der Waals surface area contributed by atoms with Gasteiger partial charge in [-0.25, -0.2) is 18.4 Å². The van der Waals surface area contributed by atoms with Gasteiger partial charge in [-0.05, 0) is 34.4 Å². The number of benzene rings is 3. The third-order valence-corrected chi connectivity index (χ3v) is 5.79. The predicted molar refractivity (Wildman–Crippen MR) is 125 cm³/mol. The fraction of sp³-hybridized carbons (Fsp3) is 0.192. The Kier molecular flexibility index (Phi) is 7.05. The first-order valence-electron chi connectivity index (χ1n) is 10.9. The number of amides is 2. The standard InChI is InChI=1S/C26H22F2N2O5/c27-24(28)22(13-23(31)29-21-12-6-5-11-19(21)25(32)33)30-26(34)35-14-20-17-9-3-1-7-15(17)16-8-2-4-10-18(16)20/h1-12,20,22,24H,13-14H2,(H,29,31)(H,30,34)(H,32,33). The summed E-state index contributed by atoms with van der Waals surface area (Å²) >= 11 is 0. The Balaban J connectivity index is 1.38. The topological polar surface area (TPSA) is 105 Å². The number of ether oxygens (including phenoxy) is 1. The highest BCUT2D eigenvalue weighted by Gasteiger charge is 2.30. The lowest BCUT2D eigenvalue weighted by Crippen LogP contribution is -2.43. The molecule has 1 aliphatic rings. The van der Waals surface area contributed by atoms with Crippen LogP contribution in [0.4, 0.5) is 19.3 Å². The minimum absolute atomic E-state index is 0.0286. The summed E-state index contributed by atoms with van der Waals surface area (Å²) in [4.78, 5) is 35.9. The normalized spacial score (nSPS) is 13.0. The molecule has 2 amide bonds. The van der Waals surface area contributed by atoms with E-state index in [2.05, 4.69) is 10.6 Å². The van der Waals surface area contributed by atoms with E-state index in [1.807, 2.05) is 48.5 Å². The molecule has 1 atom stereocenters. The lowest BCUT2D eigenvalue weighted by atomic mass is 9.98. The van der Waals surface area contributed by atoms with Gasteiger partial charge < -0.3 is 20.5 Å². The summed E-state index contributed by atoms with van der Waals surface area (Å²) in [6.07, 6.45) is -4.89. The number of hydrogen-bond acceptors (Lipinski definition) is 4. The van der Waals surface area contributed by atoms with Crippen molar-refractivity contribution in [2.75, 3.05) is 11.9 Å². The number of rotatable bonds is 8. The Morgan fingerprint density at radius 2 is 1.46 bits per heavy atom. The van der Waals surface area contributed by atoms with Crippen LogP contribution in [0.5, 0.6) is 0 Å². The van der Waals surface area contributed by atoms with Crippen LogP contribution < -0.4 is 10.6 Å². The average Bonchev–Trinajstić information content (AvgIpc) is 3.16. The Bertz CT molecular complexity index is 1220. The van der Waals surface area contributed by atoms with Crippen molar-refractivity contribution in [1.29, 1.82) is 0 Å². The maximum atomic E-state index is 13.6. The molecule has 180 valence electrons. The number of alkyl halides is 2. The quantitative estimate of drug-likeness (QED) is 0.426. The molecule has 1 aliphatic carbocycles. The van der Waals surface area contributed by atoms with Crippen LogP contribution >= 0.6 is 0 Å². The molecule has 0 radical (unpaired) electrons. The number of carbonyl (C=O) groups is 3. The Labute approximate surface area is 199 Å². The fourth-order valence-corrected chi connectivity index (χ4v) is 4.17. The van der Waals surface area contributed by atoms with Gasteiger partial charge in [0.15, 0.2) is 0 Å². The zero-order valence-corrected chi connectivity index (χ0v) is 18.4. The highest BCUT2D eigenvalue weighted by molar-refractivity contribution is 6.00. The molecule has 0 fully saturated rings. The molecule has 1 unspecified atom stereocenters. The van der Waals surface area contributed by atoms with Crippen LogP contribution in [0, 0.1) is 0 Å². The third kappa shape index (κ3) is 5.29. The third-order valence-electron chi connectivity index (χ3n) is 5.79. The van der Waals surface area contributed by atoms with Crippen molar-refractivity contribution in [3.8, 4) is 11.1 Å². The summed E-state index contributed by atoms with van der Waals surface area (Å²) in [6, 6.07) is 19.2. The van der Waals surface area contributed by atoms with Gasteiger partial charge in [0.25, 0.3) is 6.43 Å². The van der Waals surface area contributed by atoms with Crippen molar-refractivity contribution in [1.82, 2.24) is 5.32 Å². The zero-order valence-electron chi connectivity index (χ0n) is 18.4. The van der Waals surface area contributed by atoms with Crippen molar-refractivity contribution >= 4 is 23.7 Å². The minimum atomic E-state index is -3.05. The molecule has 3 aromatic rings. The van der Waals surface area contributed by atoms with E-state index >= 15 is 0 Å². The van der Waals surface area contributed by atoms with Gasteiger partial charge in [-0.3, -0.25) is 4.79 Å². The average molecular weight is 480 g/mol. The Morgan fingerprint density at radius 1 is 0.886 bits per heavy atom. The highest BCUT2D eigenvalue weighted by Crippen LogP contribution is 2.44. The number of nitrogens with one attached hydrogen (secondary N) is 2. The maximum absolute atomic E-state index is 13.6. The van der Waals surface area contributed by atoms with E-state index in [4.69, 9.17) is 4.74 Å². The second-order valence-corrected chi connectivity index (χ2v) is 8.01. The molecule has 0 aromatic heterocycles. The Hall–Kier alpha value is -4.27. The summed E-state index contributed by atoms with van der Waals surface area (Å²) in [6.45, 7) is -0.0615. The first-order chi connectivity index (χ1) is 16.8. The number of carboxylic acid groups (broad SMARTS) is 1. The van der Waals surface area contributed by atoms with Crippen molar-refractivity contribution in [3.63, 3.8) is 0 Å². The summed E-state index contributed by atoms with van der Waals surface area (Å²) in [5, 5.41) is 13.6. The highest BCUT2D eigenvalue weighted by atomic mass is 19.3. The molecule has 3 N–H and O–H groups in total. The monoisotopic (exact) mass is 480 g/mol. The van der Waals surface area contributed by atoms with Gasteiger partial charge in [-0.2, -0.15) is 0 Å². The molecule has 7 nitrogen and oxygen atoms in total. The molecule has 0 heterocycles. The molecular formula is C26H22F2N2O5. The van der Waals surface area contributed by atoms with Gasteiger partial charge in [0.2, 0.25) is 5.91 Å². The predicted octanol–water partition coefficient (Wildman–Crippen LogP) is 4.89. The van der Waals surface area contributed by atoms with E-state index in [0.29, 0.717) is 0 Å². The number of halogens is 2. The minimum Gasteiger partial charge on any atom is -0.478 e. The van der Waals surface area contributed by atoms with Gasteiger partial charge in [0, 0.05) is 5.92 Å². The van der Waals surface area contributed by atoms with E-state index in [9.17, 15) is 28.3 Å². The van der Waals surface area contributed by atoms with E-state index in [0.717, 1.165) is 22.3 Å². The fourth-order valence-electron chi connectivity index (χ4n) is 4.17. The van der Waals surface area contributed by atoms with E-state index in [1.54, 1.807) is 0 Å². The van der Waals surface area contributed by atoms with E-state index in [-0.39, 0.29) is 23.8 Å². The molecule has 3 aromatic carbocycles. The molecule has 0 bridgehead atoms. The van der Waals surface area contributed by atoms with Crippen LogP contribution in [0.1, 0.15) is 33.8 Å². The molecule has 0 saturated carbocycles. The second kappa shape index (κ2) is 10.3. The number of aromatic carboxylic acids is 1. The molecule has 0 saturated heterocycles. The summed E-state index contributed by atoms with van der Waals surface area (Å²) < 4.78 is 32.4. The largest absolute Gasteiger partial charge is 0.478 e. The van der Waals surface area contributed by atoms with E-state index < -0.39 is 36.9 Å². The van der Waals surface area contributed by atoms with Crippen LogP contribution in [-0.4, -0.2) is 42.2 Å². The smallest absolute Gasteiger partial charge is 0.407 e. The van der Waals surface area contributed by atoms with Gasteiger partial charge in [0.1, 0.15) is 12.6 Å². The zero-order chi connectivity index (χ0) is 24.9. The van der Waals surface area contributed by atoms with Crippen LogP contribution in [-0.2, 0) is 9.53 Å². The van der Waals surface area contributed by atoms with Crippen LogP contribution in [0.25, 0.3) is 11.1 Å². The number of para-hydroxylation sites is 1. The molecule has 0 spiro atoms. The van der Waals surface area contributed by atoms with Gasteiger partial charge in [-0.1, -0.05) is 60.7 Å². The van der Waals surface area contributed by atoms with Gasteiger partial charge in [0.05, 0.1) is 17.7 Å². The first-order valence-corrected chi connectivity index (χ1v) is 10.9. The van der Waals surface area contributed by atoms with Gasteiger partial charge >= 0.3 is 12.1 Å². The number of fused-ring (bicyclic) bond motifs is 3. The molecular weight excluding hydrogens is 458 g/mol. The molecule has 9 heteroatoms. The maximum Gasteiger partial charge on any atom is 0.407 e. The lowest BCUT2D eigenvalue weighted by molar-refractivity contribution is -0.117. The van der Waals surface area contributed by atoms with Gasteiger partial charge in [-0.15, -0.1) is 0 Å². The van der Waals surface area contributed by atoms with Crippen molar-refractivity contribution in [2.24, 2.45) is 0 Å². The first kappa shape index (κ1) is 23.9. The number of carbonyl (C=O) groups excluding carboxylic acids is 2. The number of alkyl carbamates (subject to hydrolysis) is 1. The van der Waals surface area contributed by atoms with Crippen molar-refractivity contribution in [3.05, 3.63) is 89.5 Å². The molecule has 4 rings (SSSR count). The summed E-state index contributed by atoms with van der Waals surface area (Å²) in [7, 11) is 0. The van der Waals surface area contributed by atoms with Crippen LogP contribution in [0.2, 0.25) is 0 Å². The number of hydrogen-bond donors (Lipinski definition) is 3. The molecule has 0 aliphatic heterocycles. The molecule has 35 heavy (non-hydrogen) atoms. The lowest BCUT2D eigenvalue weighted by Gasteiger charge is -2.19. The van der Waals surface area contributed by atoms with E-state index in [1.165, 1.54) is 24.3 Å². The van der Waals surface area contributed by atoms with Crippen molar-refractivity contribution < 1.29 is 33.0 Å². The number of anilines is 1. The van der Waals surface area contributed by atoms with Crippen LogP contribution in [0.3, 0.4) is 0 Å². The van der Waals surface area contributed by atoms with Crippen molar-refractivity contribution in [2.45, 2.75) is 24.8 Å². The summed E-state index contributed by atoms with van der Waals surface area (Å²) in [5.74, 6) is -2.39. The SMILES string of the molecule is O=C(CC(NC(=O)OCC1c2ccccc2-c2ccccc21)C(F)F)Nc1ccccc1C(=O)O. The second-order valence-electron chi connectivity index (χ2n) is 8.01. The van der Waals surface area contributed by atoms with Crippen LogP contribution in [0.15, 0.2) is 72.8 Å². The number of carboxylic acids is 1.